The minimum atomic E-state index is -0.348. The zero-order valence-electron chi connectivity index (χ0n) is 17.1. The lowest BCUT2D eigenvalue weighted by molar-refractivity contribution is -0.129. The second-order valence-electron chi connectivity index (χ2n) is 8.01. The summed E-state index contributed by atoms with van der Waals surface area (Å²) < 4.78 is 0. The Hall–Kier alpha value is -1.83. The van der Waals surface area contributed by atoms with Crippen molar-refractivity contribution in [3.8, 4) is 0 Å². The highest BCUT2D eigenvalue weighted by atomic mass is 35.5. The highest BCUT2D eigenvalue weighted by molar-refractivity contribution is 6.42. The Bertz CT molecular complexity index is 796. The SMILES string of the molecule is CC(=O)NCC1CCN(C2CCN(C(=O)CNC(=O)c3ccc(Cl)c(Cl)c3)C2)CC1. The number of hydrogen-bond acceptors (Lipinski definition) is 4. The molecule has 7 nitrogen and oxygen atoms in total. The molecule has 0 bridgehead atoms. The molecule has 1 aromatic rings. The number of amides is 3. The summed E-state index contributed by atoms with van der Waals surface area (Å²) in [6.07, 6.45) is 3.07. The minimum absolute atomic E-state index is 0.0219. The molecule has 1 atom stereocenters. The highest BCUT2D eigenvalue weighted by Gasteiger charge is 2.32. The summed E-state index contributed by atoms with van der Waals surface area (Å²) in [7, 11) is 0. The number of hydrogen-bond donors (Lipinski definition) is 2. The quantitative estimate of drug-likeness (QED) is 0.689. The number of carbonyl (C=O) groups is 3. The third-order valence-electron chi connectivity index (χ3n) is 5.90. The van der Waals surface area contributed by atoms with Crippen molar-refractivity contribution in [2.75, 3.05) is 39.3 Å². The van der Waals surface area contributed by atoms with Crippen molar-refractivity contribution < 1.29 is 14.4 Å². The third-order valence-corrected chi connectivity index (χ3v) is 6.64. The maximum atomic E-state index is 12.5. The molecule has 164 valence electrons. The standard InChI is InChI=1S/C21H28Cl2N4O3/c1-14(28)24-11-15-4-7-26(8-5-15)17-6-9-27(13-17)20(29)12-25-21(30)16-2-3-18(22)19(23)10-16/h2-3,10,15,17H,4-9,11-13H2,1H3,(H,24,28)(H,25,30). The van der Waals surface area contributed by atoms with E-state index in [1.165, 1.54) is 6.07 Å². The summed E-state index contributed by atoms with van der Waals surface area (Å²) in [4.78, 5) is 40.1. The van der Waals surface area contributed by atoms with E-state index < -0.39 is 0 Å². The van der Waals surface area contributed by atoms with Crippen molar-refractivity contribution in [3.63, 3.8) is 0 Å². The molecule has 2 saturated heterocycles. The van der Waals surface area contributed by atoms with E-state index in [1.807, 2.05) is 4.90 Å². The molecule has 2 aliphatic heterocycles. The van der Waals surface area contributed by atoms with E-state index in [0.29, 0.717) is 40.7 Å². The number of halogens is 2. The van der Waals surface area contributed by atoms with Gasteiger partial charge in [0.25, 0.3) is 5.91 Å². The first-order valence-electron chi connectivity index (χ1n) is 10.3. The summed E-state index contributed by atoms with van der Waals surface area (Å²) >= 11 is 11.8. The normalized spacial score (nSPS) is 20.2. The average Bonchev–Trinajstić information content (AvgIpc) is 3.23. The van der Waals surface area contributed by atoms with Gasteiger partial charge in [0.1, 0.15) is 0 Å². The van der Waals surface area contributed by atoms with E-state index in [1.54, 1.807) is 19.1 Å². The van der Waals surface area contributed by atoms with E-state index in [2.05, 4.69) is 15.5 Å². The molecule has 1 aromatic carbocycles. The van der Waals surface area contributed by atoms with Gasteiger partial charge in [0.2, 0.25) is 11.8 Å². The Labute approximate surface area is 187 Å². The number of rotatable bonds is 6. The minimum Gasteiger partial charge on any atom is -0.356 e. The summed E-state index contributed by atoms with van der Waals surface area (Å²) in [5, 5.41) is 6.25. The maximum Gasteiger partial charge on any atom is 0.251 e. The number of nitrogens with zero attached hydrogens (tertiary/aromatic N) is 2. The van der Waals surface area contributed by atoms with E-state index in [-0.39, 0.29) is 24.3 Å². The van der Waals surface area contributed by atoms with Crippen LogP contribution in [0.2, 0.25) is 10.0 Å². The van der Waals surface area contributed by atoms with Crippen LogP contribution in [-0.2, 0) is 9.59 Å². The molecule has 0 spiro atoms. The molecular formula is C21H28Cl2N4O3. The van der Waals surface area contributed by atoms with E-state index >= 15 is 0 Å². The highest BCUT2D eigenvalue weighted by Crippen LogP contribution is 2.24. The van der Waals surface area contributed by atoms with Gasteiger partial charge in [-0.2, -0.15) is 0 Å². The van der Waals surface area contributed by atoms with Gasteiger partial charge in [-0.15, -0.1) is 0 Å². The second kappa shape index (κ2) is 10.5. The van der Waals surface area contributed by atoms with E-state index in [4.69, 9.17) is 23.2 Å². The molecule has 2 aliphatic rings. The van der Waals surface area contributed by atoms with Crippen LogP contribution < -0.4 is 10.6 Å². The van der Waals surface area contributed by atoms with Gasteiger partial charge < -0.3 is 15.5 Å². The van der Waals surface area contributed by atoms with Crippen molar-refractivity contribution in [3.05, 3.63) is 33.8 Å². The lowest BCUT2D eigenvalue weighted by atomic mass is 9.95. The van der Waals surface area contributed by atoms with Crippen molar-refractivity contribution in [1.82, 2.24) is 20.4 Å². The Balaban J connectivity index is 1.40. The topological polar surface area (TPSA) is 81.8 Å². The molecular weight excluding hydrogens is 427 g/mol. The van der Waals surface area contributed by atoms with Gasteiger partial charge in [-0.25, -0.2) is 0 Å². The molecule has 0 saturated carbocycles. The molecule has 0 radical (unpaired) electrons. The van der Waals surface area contributed by atoms with Crippen molar-refractivity contribution in [2.24, 2.45) is 5.92 Å². The lowest BCUT2D eigenvalue weighted by Gasteiger charge is -2.36. The molecule has 3 amide bonds. The summed E-state index contributed by atoms with van der Waals surface area (Å²) in [6, 6.07) is 4.99. The first-order valence-corrected chi connectivity index (χ1v) is 11.1. The van der Waals surface area contributed by atoms with Gasteiger partial charge in [-0.3, -0.25) is 19.3 Å². The first kappa shape index (κ1) is 22.8. The van der Waals surface area contributed by atoms with Gasteiger partial charge >= 0.3 is 0 Å². The fourth-order valence-corrected chi connectivity index (χ4v) is 4.38. The molecule has 30 heavy (non-hydrogen) atoms. The molecule has 2 heterocycles. The van der Waals surface area contributed by atoms with Crippen LogP contribution in [0.3, 0.4) is 0 Å². The fraction of sp³-hybridized carbons (Fsp3) is 0.571. The maximum absolute atomic E-state index is 12.5. The zero-order valence-corrected chi connectivity index (χ0v) is 18.6. The Morgan fingerprint density at radius 1 is 1.03 bits per heavy atom. The molecule has 9 heteroatoms. The van der Waals surface area contributed by atoms with Crippen molar-refractivity contribution in [2.45, 2.75) is 32.2 Å². The second-order valence-corrected chi connectivity index (χ2v) is 8.82. The molecule has 2 fully saturated rings. The summed E-state index contributed by atoms with van der Waals surface area (Å²) in [6.45, 7) is 5.64. The number of likely N-dealkylation sites (tertiary alicyclic amines) is 2. The van der Waals surface area contributed by atoms with Crippen LogP contribution in [0, 0.1) is 5.92 Å². The van der Waals surface area contributed by atoms with Crippen LogP contribution in [-0.4, -0.2) is 72.8 Å². The van der Waals surface area contributed by atoms with E-state index in [9.17, 15) is 14.4 Å². The van der Waals surface area contributed by atoms with Gasteiger partial charge in [-0.1, -0.05) is 23.2 Å². The van der Waals surface area contributed by atoms with Crippen LogP contribution in [0.5, 0.6) is 0 Å². The van der Waals surface area contributed by atoms with Gasteiger partial charge in [0.05, 0.1) is 16.6 Å². The van der Waals surface area contributed by atoms with Gasteiger partial charge in [-0.05, 0) is 56.5 Å². The van der Waals surface area contributed by atoms with Crippen LogP contribution >= 0.6 is 23.2 Å². The van der Waals surface area contributed by atoms with Crippen LogP contribution in [0.25, 0.3) is 0 Å². The molecule has 1 unspecified atom stereocenters. The predicted octanol–water partition coefficient (Wildman–Crippen LogP) is 2.17. The smallest absolute Gasteiger partial charge is 0.251 e. The summed E-state index contributed by atoms with van der Waals surface area (Å²) in [5.74, 6) is 0.125. The number of benzene rings is 1. The van der Waals surface area contributed by atoms with Crippen molar-refractivity contribution in [1.29, 1.82) is 0 Å². The predicted molar refractivity (Wildman–Crippen MR) is 117 cm³/mol. The largest absolute Gasteiger partial charge is 0.356 e. The first-order chi connectivity index (χ1) is 14.3. The van der Waals surface area contributed by atoms with Crippen LogP contribution in [0.4, 0.5) is 0 Å². The Morgan fingerprint density at radius 2 is 1.77 bits per heavy atom. The van der Waals surface area contributed by atoms with Crippen LogP contribution in [0.1, 0.15) is 36.5 Å². The lowest BCUT2D eigenvalue weighted by Crippen LogP contribution is -2.46. The number of nitrogens with one attached hydrogen (secondary N) is 2. The van der Waals surface area contributed by atoms with E-state index in [0.717, 1.165) is 38.9 Å². The molecule has 0 aliphatic carbocycles. The molecule has 0 aromatic heterocycles. The molecule has 3 rings (SSSR count). The Kier molecular flexibility index (Phi) is 7.97. The van der Waals surface area contributed by atoms with Gasteiger partial charge in [0, 0.05) is 38.2 Å². The fourth-order valence-electron chi connectivity index (χ4n) is 4.08. The zero-order chi connectivity index (χ0) is 21.7. The average molecular weight is 455 g/mol. The monoisotopic (exact) mass is 454 g/mol. The molecule has 2 N–H and O–H groups in total. The summed E-state index contributed by atoms with van der Waals surface area (Å²) in [5.41, 5.74) is 0.374. The number of carbonyl (C=O) groups excluding carboxylic acids is 3. The van der Waals surface area contributed by atoms with Gasteiger partial charge in [0.15, 0.2) is 0 Å². The number of piperidine rings is 1. The van der Waals surface area contributed by atoms with Crippen LogP contribution in [0.15, 0.2) is 18.2 Å². The third kappa shape index (κ3) is 6.09. The Morgan fingerprint density at radius 3 is 2.43 bits per heavy atom. The van der Waals surface area contributed by atoms with Crippen molar-refractivity contribution >= 4 is 40.9 Å².